The molecule has 0 spiro atoms. The van der Waals surface area contributed by atoms with Gasteiger partial charge in [-0.25, -0.2) is 0 Å². The number of carbonyl (C=O) groups is 1. The van der Waals surface area contributed by atoms with Crippen molar-refractivity contribution in [3.63, 3.8) is 0 Å². The van der Waals surface area contributed by atoms with Crippen molar-refractivity contribution in [1.82, 2.24) is 10.6 Å². The van der Waals surface area contributed by atoms with Gasteiger partial charge in [-0.3, -0.25) is 4.79 Å². The number of ether oxygens (including phenoxy) is 3. The van der Waals surface area contributed by atoms with Crippen molar-refractivity contribution in [3.05, 3.63) is 17.7 Å². The van der Waals surface area contributed by atoms with Gasteiger partial charge in [-0.15, -0.1) is 0 Å². The maximum atomic E-state index is 11.1. The molecule has 0 saturated heterocycles. The van der Waals surface area contributed by atoms with E-state index in [9.17, 15) is 4.79 Å². The van der Waals surface area contributed by atoms with Gasteiger partial charge in [0.05, 0.1) is 21.3 Å². The first kappa shape index (κ1) is 16.1. The average Bonchev–Trinajstić information content (AvgIpc) is 2.49. The Morgan fingerprint density at radius 1 is 1.10 bits per heavy atom. The summed E-state index contributed by atoms with van der Waals surface area (Å²) in [6, 6.07) is 3.74. The van der Waals surface area contributed by atoms with E-state index in [1.54, 1.807) is 28.4 Å². The van der Waals surface area contributed by atoms with Crippen LogP contribution in [0.5, 0.6) is 17.2 Å². The number of carbonyl (C=O) groups excluding carboxylic acids is 1. The Morgan fingerprint density at radius 3 is 2.35 bits per heavy atom. The molecule has 1 aromatic carbocycles. The molecule has 0 aliphatic rings. The van der Waals surface area contributed by atoms with Crippen molar-refractivity contribution in [2.45, 2.75) is 13.0 Å². The second-order valence-corrected chi connectivity index (χ2v) is 4.09. The van der Waals surface area contributed by atoms with E-state index in [0.29, 0.717) is 36.8 Å². The summed E-state index contributed by atoms with van der Waals surface area (Å²) in [4.78, 5) is 11.1. The Labute approximate surface area is 119 Å². The van der Waals surface area contributed by atoms with Gasteiger partial charge < -0.3 is 24.8 Å². The first-order chi connectivity index (χ1) is 9.67. The van der Waals surface area contributed by atoms with E-state index in [2.05, 4.69) is 10.6 Å². The first-order valence-electron chi connectivity index (χ1n) is 6.37. The molecule has 112 valence electrons. The molecule has 0 bridgehead atoms. The van der Waals surface area contributed by atoms with Gasteiger partial charge in [0, 0.05) is 32.1 Å². The molecular weight excluding hydrogens is 260 g/mol. The zero-order chi connectivity index (χ0) is 15.0. The molecule has 0 aromatic heterocycles. The number of nitrogens with one attached hydrogen (secondary N) is 2. The monoisotopic (exact) mass is 282 g/mol. The predicted molar refractivity (Wildman–Crippen MR) is 76.5 cm³/mol. The fourth-order valence-corrected chi connectivity index (χ4v) is 1.85. The number of hydrogen-bond donors (Lipinski definition) is 2. The van der Waals surface area contributed by atoms with E-state index in [1.807, 2.05) is 12.1 Å². The van der Waals surface area contributed by atoms with Gasteiger partial charge in [-0.1, -0.05) is 6.07 Å². The van der Waals surface area contributed by atoms with Crippen LogP contribution < -0.4 is 24.8 Å². The minimum absolute atomic E-state index is 0.0109. The van der Waals surface area contributed by atoms with Gasteiger partial charge in [0.25, 0.3) is 0 Å². The van der Waals surface area contributed by atoms with E-state index in [1.165, 1.54) is 0 Å². The molecule has 1 rings (SSSR count). The molecular formula is C14H22N2O4. The normalized spacial score (nSPS) is 10.0. The summed E-state index contributed by atoms with van der Waals surface area (Å²) < 4.78 is 15.9. The van der Waals surface area contributed by atoms with E-state index in [0.717, 1.165) is 5.56 Å². The number of hydrogen-bond acceptors (Lipinski definition) is 5. The molecule has 0 saturated carbocycles. The average molecular weight is 282 g/mol. The van der Waals surface area contributed by atoms with Crippen LogP contribution >= 0.6 is 0 Å². The maximum Gasteiger partial charge on any atom is 0.221 e. The first-order valence-corrected chi connectivity index (χ1v) is 6.37. The number of methoxy groups -OCH3 is 3. The standard InChI is InChI=1S/C14H22N2O4/c1-15-12(17)7-8-16-9-10-5-6-11(18-2)14(20-4)13(10)19-3/h5-6,16H,7-9H2,1-4H3,(H,15,17). The Bertz CT molecular complexity index is 449. The minimum Gasteiger partial charge on any atom is -0.493 e. The van der Waals surface area contributed by atoms with Crippen molar-refractivity contribution in [2.75, 3.05) is 34.9 Å². The molecule has 2 N–H and O–H groups in total. The Balaban J connectivity index is 2.72. The third-order valence-electron chi connectivity index (χ3n) is 2.91. The van der Waals surface area contributed by atoms with Gasteiger partial charge in [0.15, 0.2) is 11.5 Å². The molecule has 20 heavy (non-hydrogen) atoms. The van der Waals surface area contributed by atoms with Crippen molar-refractivity contribution in [2.24, 2.45) is 0 Å². The Hall–Kier alpha value is -1.95. The lowest BCUT2D eigenvalue weighted by Gasteiger charge is -2.16. The van der Waals surface area contributed by atoms with Gasteiger partial charge >= 0.3 is 0 Å². The molecule has 0 aliphatic heterocycles. The lowest BCUT2D eigenvalue weighted by Crippen LogP contribution is -2.24. The maximum absolute atomic E-state index is 11.1. The van der Waals surface area contributed by atoms with Crippen LogP contribution in [0.3, 0.4) is 0 Å². The summed E-state index contributed by atoms with van der Waals surface area (Å²) in [6.45, 7) is 1.18. The highest BCUT2D eigenvalue weighted by molar-refractivity contribution is 5.75. The highest BCUT2D eigenvalue weighted by atomic mass is 16.5. The fraction of sp³-hybridized carbons (Fsp3) is 0.500. The van der Waals surface area contributed by atoms with Crippen LogP contribution in [0.25, 0.3) is 0 Å². The predicted octanol–water partition coefficient (Wildman–Crippen LogP) is 0.938. The molecule has 6 nitrogen and oxygen atoms in total. The topological polar surface area (TPSA) is 68.8 Å². The van der Waals surface area contributed by atoms with Gasteiger partial charge in [0.2, 0.25) is 11.7 Å². The number of amides is 1. The lowest BCUT2D eigenvalue weighted by atomic mass is 10.1. The van der Waals surface area contributed by atoms with Crippen LogP contribution in [0, 0.1) is 0 Å². The molecule has 1 aromatic rings. The molecule has 1 amide bonds. The van der Waals surface area contributed by atoms with E-state index in [4.69, 9.17) is 14.2 Å². The number of rotatable bonds is 8. The lowest BCUT2D eigenvalue weighted by molar-refractivity contribution is -0.120. The zero-order valence-electron chi connectivity index (χ0n) is 12.4. The van der Waals surface area contributed by atoms with Crippen LogP contribution in [-0.4, -0.2) is 40.8 Å². The van der Waals surface area contributed by atoms with Gasteiger partial charge in [-0.2, -0.15) is 0 Å². The largest absolute Gasteiger partial charge is 0.493 e. The molecule has 0 radical (unpaired) electrons. The van der Waals surface area contributed by atoms with Crippen LogP contribution in [0.15, 0.2) is 12.1 Å². The van der Waals surface area contributed by atoms with Crippen molar-refractivity contribution >= 4 is 5.91 Å². The molecule has 0 aliphatic carbocycles. The summed E-state index contributed by atoms with van der Waals surface area (Å²) in [6.07, 6.45) is 0.437. The molecule has 0 unspecified atom stereocenters. The second-order valence-electron chi connectivity index (χ2n) is 4.09. The molecule has 0 heterocycles. The molecule has 6 heteroatoms. The summed E-state index contributed by atoms with van der Waals surface area (Å²) in [7, 11) is 6.37. The quantitative estimate of drug-likeness (QED) is 0.694. The third-order valence-corrected chi connectivity index (χ3v) is 2.91. The van der Waals surface area contributed by atoms with Crippen molar-refractivity contribution in [1.29, 1.82) is 0 Å². The van der Waals surface area contributed by atoms with Crippen LogP contribution in [0.4, 0.5) is 0 Å². The summed E-state index contributed by atoms with van der Waals surface area (Å²) in [5, 5.41) is 5.77. The van der Waals surface area contributed by atoms with Crippen molar-refractivity contribution < 1.29 is 19.0 Å². The highest BCUT2D eigenvalue weighted by Gasteiger charge is 2.15. The van der Waals surface area contributed by atoms with Gasteiger partial charge in [-0.05, 0) is 6.07 Å². The zero-order valence-corrected chi connectivity index (χ0v) is 12.4. The summed E-state index contributed by atoms with van der Waals surface area (Å²) >= 11 is 0. The van der Waals surface area contributed by atoms with E-state index >= 15 is 0 Å². The van der Waals surface area contributed by atoms with Crippen LogP contribution in [0.2, 0.25) is 0 Å². The van der Waals surface area contributed by atoms with E-state index in [-0.39, 0.29) is 5.91 Å². The third kappa shape index (κ3) is 4.03. The molecule has 0 atom stereocenters. The summed E-state index contributed by atoms with van der Waals surface area (Å²) in [5.74, 6) is 1.84. The Kier molecular flexibility index (Phi) is 6.66. The van der Waals surface area contributed by atoms with Crippen molar-refractivity contribution in [3.8, 4) is 17.2 Å². The fourth-order valence-electron chi connectivity index (χ4n) is 1.85. The highest BCUT2D eigenvalue weighted by Crippen LogP contribution is 2.39. The Morgan fingerprint density at radius 2 is 1.80 bits per heavy atom. The van der Waals surface area contributed by atoms with Crippen LogP contribution in [-0.2, 0) is 11.3 Å². The minimum atomic E-state index is 0.0109. The van der Waals surface area contributed by atoms with Crippen LogP contribution in [0.1, 0.15) is 12.0 Å². The SMILES string of the molecule is CNC(=O)CCNCc1ccc(OC)c(OC)c1OC. The number of benzene rings is 1. The van der Waals surface area contributed by atoms with E-state index < -0.39 is 0 Å². The van der Waals surface area contributed by atoms with Gasteiger partial charge in [0.1, 0.15) is 0 Å². The molecule has 0 fully saturated rings. The second kappa shape index (κ2) is 8.27. The smallest absolute Gasteiger partial charge is 0.221 e. The summed E-state index contributed by atoms with van der Waals surface area (Å²) in [5.41, 5.74) is 0.946.